The number of ether oxygens (including phenoxy) is 2. The number of para-hydroxylation sites is 1. The Hall–Kier alpha value is -1.55. The van der Waals surface area contributed by atoms with Crippen LogP contribution in [0.15, 0.2) is 48.5 Å². The fourth-order valence-corrected chi connectivity index (χ4v) is 2.93. The van der Waals surface area contributed by atoms with Gasteiger partial charge in [-0.25, -0.2) is 0 Å². The Bertz CT molecular complexity index is 626. The van der Waals surface area contributed by atoms with E-state index in [0.29, 0.717) is 6.61 Å². The smallest absolute Gasteiger partial charge is 0.123 e. The molecule has 1 fully saturated rings. The maximum absolute atomic E-state index is 6.18. The van der Waals surface area contributed by atoms with Crippen molar-refractivity contribution in [3.05, 3.63) is 64.7 Å². The summed E-state index contributed by atoms with van der Waals surface area (Å²) >= 11 is 6.18. The highest BCUT2D eigenvalue weighted by Gasteiger charge is 2.16. The van der Waals surface area contributed by atoms with Crippen LogP contribution in [0.2, 0.25) is 5.02 Å². The van der Waals surface area contributed by atoms with Crippen molar-refractivity contribution in [3.8, 4) is 5.75 Å². The predicted octanol–water partition coefficient (Wildman–Crippen LogP) is 4.19. The summed E-state index contributed by atoms with van der Waals surface area (Å²) in [5.41, 5.74) is 2.25. The second-order valence-corrected chi connectivity index (χ2v) is 6.16. The summed E-state index contributed by atoms with van der Waals surface area (Å²) in [6.07, 6.45) is 2.46. The molecule has 0 amide bonds. The highest BCUT2D eigenvalue weighted by Crippen LogP contribution is 2.21. The first-order chi connectivity index (χ1) is 11.3. The number of halogens is 1. The van der Waals surface area contributed by atoms with Crippen molar-refractivity contribution in [1.29, 1.82) is 0 Å². The molecule has 2 aromatic carbocycles. The average Bonchev–Trinajstić information content (AvgIpc) is 3.09. The molecule has 1 saturated heterocycles. The van der Waals surface area contributed by atoms with Crippen LogP contribution in [0.1, 0.15) is 24.0 Å². The van der Waals surface area contributed by atoms with E-state index in [4.69, 9.17) is 21.1 Å². The molecule has 1 aliphatic heterocycles. The lowest BCUT2D eigenvalue weighted by molar-refractivity contribution is 0.0676. The third kappa shape index (κ3) is 4.71. The van der Waals surface area contributed by atoms with E-state index in [1.54, 1.807) is 0 Å². The first-order valence-electron chi connectivity index (χ1n) is 8.09. The lowest BCUT2D eigenvalue weighted by Crippen LogP contribution is -2.18. The fourth-order valence-electron chi connectivity index (χ4n) is 2.72. The summed E-state index contributed by atoms with van der Waals surface area (Å²) in [6.45, 7) is 2.96. The number of hydrogen-bond donors (Lipinski definition) is 1. The summed E-state index contributed by atoms with van der Waals surface area (Å²) in [6, 6.07) is 16.0. The van der Waals surface area contributed by atoms with E-state index in [1.807, 2.05) is 42.5 Å². The molecule has 0 radical (unpaired) electrons. The van der Waals surface area contributed by atoms with Crippen LogP contribution in [0.3, 0.4) is 0 Å². The second kappa shape index (κ2) is 8.34. The Kier molecular flexibility index (Phi) is 5.92. The van der Waals surface area contributed by atoms with Crippen molar-refractivity contribution in [1.82, 2.24) is 5.32 Å². The normalized spacial score (nSPS) is 17.3. The van der Waals surface area contributed by atoms with E-state index >= 15 is 0 Å². The summed E-state index contributed by atoms with van der Waals surface area (Å²) in [7, 11) is 0. The molecule has 0 saturated carbocycles. The van der Waals surface area contributed by atoms with Gasteiger partial charge >= 0.3 is 0 Å². The molecule has 1 N–H and O–H groups in total. The molecule has 0 aromatic heterocycles. The molecule has 4 heteroatoms. The van der Waals surface area contributed by atoms with Crippen LogP contribution in [-0.2, 0) is 17.8 Å². The summed E-state index contributed by atoms with van der Waals surface area (Å²) in [5.74, 6) is 0.926. The Labute approximate surface area is 142 Å². The van der Waals surface area contributed by atoms with Gasteiger partial charge in [-0.05, 0) is 30.5 Å². The third-order valence-corrected chi connectivity index (χ3v) is 4.38. The van der Waals surface area contributed by atoms with Crippen LogP contribution >= 0.6 is 11.6 Å². The van der Waals surface area contributed by atoms with Gasteiger partial charge in [0.2, 0.25) is 0 Å². The van der Waals surface area contributed by atoms with E-state index in [0.717, 1.165) is 54.4 Å². The van der Waals surface area contributed by atoms with E-state index in [9.17, 15) is 0 Å². The minimum Gasteiger partial charge on any atom is -0.491 e. The van der Waals surface area contributed by atoms with Crippen LogP contribution in [0, 0.1) is 0 Å². The van der Waals surface area contributed by atoms with Crippen LogP contribution in [0.5, 0.6) is 5.75 Å². The molecule has 0 aliphatic carbocycles. The molecule has 1 heterocycles. The largest absolute Gasteiger partial charge is 0.491 e. The van der Waals surface area contributed by atoms with Gasteiger partial charge in [-0.2, -0.15) is 0 Å². The van der Waals surface area contributed by atoms with Crippen LogP contribution in [0.4, 0.5) is 0 Å². The van der Waals surface area contributed by atoms with Crippen molar-refractivity contribution < 1.29 is 9.47 Å². The van der Waals surface area contributed by atoms with Crippen molar-refractivity contribution in [3.63, 3.8) is 0 Å². The van der Waals surface area contributed by atoms with E-state index in [2.05, 4.69) is 11.4 Å². The lowest BCUT2D eigenvalue weighted by atomic mass is 10.2. The van der Waals surface area contributed by atoms with Gasteiger partial charge < -0.3 is 14.8 Å². The SMILES string of the molecule is Clc1ccccc1CNCc1ccccc1OCC1CCCO1. The van der Waals surface area contributed by atoms with Gasteiger partial charge in [0.15, 0.2) is 0 Å². The molecule has 3 rings (SSSR count). The Morgan fingerprint density at radius 2 is 1.78 bits per heavy atom. The van der Waals surface area contributed by atoms with E-state index < -0.39 is 0 Å². The molecule has 3 nitrogen and oxygen atoms in total. The fraction of sp³-hybridized carbons (Fsp3) is 0.368. The standard InChI is InChI=1S/C19H22ClNO2/c20-18-9-3-1-6-15(18)12-21-13-16-7-2-4-10-19(16)23-14-17-8-5-11-22-17/h1-4,6-7,9-10,17,21H,5,8,11-14H2. The maximum Gasteiger partial charge on any atom is 0.123 e. The summed E-state index contributed by atoms with van der Waals surface area (Å²) in [5, 5.41) is 4.23. The quantitative estimate of drug-likeness (QED) is 0.825. The average molecular weight is 332 g/mol. The summed E-state index contributed by atoms with van der Waals surface area (Å²) < 4.78 is 11.6. The first kappa shape index (κ1) is 16.3. The van der Waals surface area contributed by atoms with Gasteiger partial charge in [-0.1, -0.05) is 48.0 Å². The first-order valence-corrected chi connectivity index (χ1v) is 8.47. The van der Waals surface area contributed by atoms with Gasteiger partial charge in [0.05, 0.1) is 6.10 Å². The van der Waals surface area contributed by atoms with Gasteiger partial charge in [-0.15, -0.1) is 0 Å². The second-order valence-electron chi connectivity index (χ2n) is 5.75. The van der Waals surface area contributed by atoms with Crippen molar-refractivity contribution in [2.75, 3.05) is 13.2 Å². The predicted molar refractivity (Wildman–Crippen MR) is 92.9 cm³/mol. The molecule has 122 valence electrons. The van der Waals surface area contributed by atoms with Crippen LogP contribution in [-0.4, -0.2) is 19.3 Å². The number of hydrogen-bond acceptors (Lipinski definition) is 3. The molecule has 1 aliphatic rings. The summed E-state index contributed by atoms with van der Waals surface area (Å²) in [4.78, 5) is 0. The zero-order valence-corrected chi connectivity index (χ0v) is 13.9. The monoisotopic (exact) mass is 331 g/mol. The topological polar surface area (TPSA) is 30.5 Å². The zero-order chi connectivity index (χ0) is 15.9. The molecule has 1 atom stereocenters. The van der Waals surface area contributed by atoms with Crippen molar-refractivity contribution in [2.45, 2.75) is 32.0 Å². The highest BCUT2D eigenvalue weighted by atomic mass is 35.5. The molecule has 0 spiro atoms. The van der Waals surface area contributed by atoms with E-state index in [-0.39, 0.29) is 6.10 Å². The van der Waals surface area contributed by atoms with Gasteiger partial charge in [0, 0.05) is 30.3 Å². The van der Waals surface area contributed by atoms with E-state index in [1.165, 1.54) is 0 Å². The molecule has 0 bridgehead atoms. The molecule has 2 aromatic rings. The zero-order valence-electron chi connectivity index (χ0n) is 13.1. The molecular formula is C19H22ClNO2. The number of rotatable bonds is 7. The van der Waals surface area contributed by atoms with Crippen molar-refractivity contribution in [2.24, 2.45) is 0 Å². The third-order valence-electron chi connectivity index (χ3n) is 4.01. The Balaban J connectivity index is 1.54. The Morgan fingerprint density at radius 3 is 2.57 bits per heavy atom. The van der Waals surface area contributed by atoms with Crippen LogP contribution in [0.25, 0.3) is 0 Å². The molecular weight excluding hydrogens is 310 g/mol. The lowest BCUT2D eigenvalue weighted by Gasteiger charge is -2.15. The maximum atomic E-state index is 6.18. The van der Waals surface area contributed by atoms with Gasteiger partial charge in [-0.3, -0.25) is 0 Å². The minimum atomic E-state index is 0.235. The van der Waals surface area contributed by atoms with Crippen LogP contribution < -0.4 is 10.1 Å². The minimum absolute atomic E-state index is 0.235. The van der Waals surface area contributed by atoms with Gasteiger partial charge in [0.25, 0.3) is 0 Å². The molecule has 1 unspecified atom stereocenters. The highest BCUT2D eigenvalue weighted by molar-refractivity contribution is 6.31. The Morgan fingerprint density at radius 1 is 1.04 bits per heavy atom. The van der Waals surface area contributed by atoms with Crippen molar-refractivity contribution >= 4 is 11.6 Å². The number of nitrogens with one attached hydrogen (secondary N) is 1. The molecule has 23 heavy (non-hydrogen) atoms. The van der Waals surface area contributed by atoms with Gasteiger partial charge in [0.1, 0.15) is 12.4 Å². The number of benzene rings is 2.